The van der Waals surface area contributed by atoms with Crippen LogP contribution in [0.3, 0.4) is 0 Å². The smallest absolute Gasteiger partial charge is 0.744 e. The second-order valence-electron chi connectivity index (χ2n) is 12.4. The number of nitrogens with zero attached hydrogens (tertiary/aromatic N) is 6. The maximum Gasteiger partial charge on any atom is 1.00 e. The molecule has 74 heavy (non-hydrogen) atoms. The molecule has 0 aromatic heterocycles. The predicted molar refractivity (Wildman–Crippen MR) is 220 cm³/mol. The number of hydrogen-bond acceptors (Lipinski definition) is 33. The number of phenols is 3. The van der Waals surface area contributed by atoms with E-state index in [0.29, 0.717) is 0 Å². The van der Waals surface area contributed by atoms with Crippen LogP contribution in [-0.4, -0.2) is 82.8 Å². The third-order valence-corrected chi connectivity index (χ3v) is 14.6. The number of azo groups is 3. The van der Waals surface area contributed by atoms with E-state index in [1.807, 2.05) is 0 Å². The Morgan fingerprint density at radius 1 is 0.514 bits per heavy atom. The molecule has 42 heteroatoms. The van der Waals surface area contributed by atoms with Crippen LogP contribution in [0, 0.1) is 0 Å². The number of benzene rings is 5. The van der Waals surface area contributed by atoms with Gasteiger partial charge >= 0.3 is 148 Å². The van der Waals surface area contributed by atoms with Crippen LogP contribution in [0.15, 0.2) is 128 Å². The van der Waals surface area contributed by atoms with Gasteiger partial charge in [-0.1, -0.05) is 12.1 Å². The van der Waals surface area contributed by atoms with Gasteiger partial charge in [0.2, 0.25) is 10.4 Å². The van der Waals surface area contributed by atoms with Crippen LogP contribution < -0.4 is 164 Å². The minimum absolute atomic E-state index is 0. The summed E-state index contributed by atoms with van der Waals surface area (Å²) < 4.78 is 141. The molecule has 30 nitrogen and oxygen atoms in total. The summed E-state index contributed by atoms with van der Waals surface area (Å²) in [6.07, 6.45) is 0. The van der Waals surface area contributed by atoms with Crippen LogP contribution in [0.5, 0.6) is 17.2 Å². The van der Waals surface area contributed by atoms with Gasteiger partial charge in [-0.05, 0) is 66.0 Å². The van der Waals surface area contributed by atoms with Gasteiger partial charge in [0.25, 0.3) is 0 Å². The Balaban J connectivity index is 0.0000107. The molecule has 0 heterocycles. The molecule has 0 unspecified atom stereocenters. The van der Waals surface area contributed by atoms with E-state index in [1.54, 1.807) is 0 Å². The van der Waals surface area contributed by atoms with Crippen molar-refractivity contribution in [3.05, 3.63) is 72.8 Å². The summed E-state index contributed by atoms with van der Waals surface area (Å²) in [4.78, 5) is -2.00. The average Bonchev–Trinajstić information content (AvgIpc) is 3.29. The maximum atomic E-state index is 12.9. The first-order chi connectivity index (χ1) is 32.6. The summed E-state index contributed by atoms with van der Waals surface area (Å²) in [5.74, 6) is -5.20. The van der Waals surface area contributed by atoms with Gasteiger partial charge in [0.05, 0.1) is 79.8 Å². The van der Waals surface area contributed by atoms with E-state index in [4.69, 9.17) is 4.18 Å². The minimum Gasteiger partial charge on any atom is -0.744 e. The Bertz CT molecular complexity index is 3250. The van der Waals surface area contributed by atoms with E-state index < -0.39 is 115 Å². The monoisotopic (exact) mass is 1210 g/mol. The Labute approximate surface area is 541 Å². The molecule has 0 aliphatic rings. The quantitative estimate of drug-likeness (QED) is 0.00714. The number of rotatable bonds is 25. The van der Waals surface area contributed by atoms with Gasteiger partial charge in [-0.3, -0.25) is 23.5 Å². The van der Waals surface area contributed by atoms with Crippen LogP contribution >= 0.6 is 36.4 Å². The van der Waals surface area contributed by atoms with Crippen LogP contribution in [-0.2, 0) is 76.7 Å². The second kappa shape index (κ2) is 34.2. The predicted octanol–water partition coefficient (Wildman–Crippen LogP) is -11.6. The third kappa shape index (κ3) is 21.4. The first-order valence-electron chi connectivity index (χ1n) is 17.5. The summed E-state index contributed by atoms with van der Waals surface area (Å²) in [7, 11) is -18.8. The Hall–Kier alpha value is -0.110. The van der Waals surface area contributed by atoms with Crippen molar-refractivity contribution in [1.82, 2.24) is 0 Å². The Morgan fingerprint density at radius 2 is 1.01 bits per heavy atom. The molecular formula is C32H23N6Na5O24S7. The Kier molecular flexibility index (Phi) is 34.2. The van der Waals surface area contributed by atoms with Gasteiger partial charge in [0.15, 0.2) is 66.3 Å². The zero-order chi connectivity index (χ0) is 50.6. The molecule has 5 aromatic rings. The molecule has 0 aliphatic heterocycles. The van der Waals surface area contributed by atoms with Crippen molar-refractivity contribution in [2.45, 2.75) is 24.5 Å². The van der Waals surface area contributed by atoms with E-state index in [1.165, 1.54) is 12.1 Å². The standard InChI is InChI=1S/C32H28N6O24S7.5Na/c39-30-27(36-33-17-4-6-19(7-5-17)66(45,46)12-10-55-65-62-59-44)31(40)29(38-35-23-9-8-20(16-25(23)64-61-58-43)67(47,48)13-11-56-69(52,53)54)32(41)28(30)37-34-18-14-22-21(24(15-18)63-60-57-42)2-1-3-26(22)68(49,50)51;;;;;/h1-9,14-16,39-44H,10-13H2,(H,49,50,51)(H,52,53,54);;;;;/q;5*+1/p-5. The Morgan fingerprint density at radius 3 is 1.55 bits per heavy atom. The molecule has 0 bridgehead atoms. The average molecular weight is 1210 g/mol. The van der Waals surface area contributed by atoms with E-state index >= 15 is 0 Å². The molecule has 372 valence electrons. The number of sulfone groups is 2. The fourth-order valence-electron chi connectivity index (χ4n) is 5.28. The molecule has 0 radical (unpaired) electrons. The van der Waals surface area contributed by atoms with Gasteiger partial charge in [0.1, 0.15) is 15.8 Å². The number of aromatic hydroxyl groups is 3. The molecule has 5 aromatic carbocycles. The van der Waals surface area contributed by atoms with Crippen molar-refractivity contribution < 1.29 is 258 Å². The van der Waals surface area contributed by atoms with E-state index in [-0.39, 0.29) is 221 Å². The van der Waals surface area contributed by atoms with Crippen molar-refractivity contribution >= 4 is 121 Å². The molecule has 0 spiro atoms. The topological polar surface area (TPSA) is 461 Å². The van der Waals surface area contributed by atoms with Gasteiger partial charge in [-0.25, -0.2) is 33.7 Å². The summed E-state index contributed by atoms with van der Waals surface area (Å²) in [6, 6.07) is 12.8. The first kappa shape index (κ1) is 73.9. The number of fused-ring (bicyclic) bond motifs is 1. The fourth-order valence-corrected chi connectivity index (χ4v) is 9.96. The third-order valence-electron chi connectivity index (χ3n) is 8.21. The molecule has 0 saturated heterocycles. The normalized spacial score (nSPS) is 12.0. The number of phenolic OH excluding ortho intramolecular Hbond substituents is 3. The molecular weight excluding hydrogens is 1190 g/mol. The van der Waals surface area contributed by atoms with Crippen molar-refractivity contribution in [3.8, 4) is 17.2 Å². The minimum atomic E-state index is -5.26. The fraction of sp³-hybridized carbons (Fsp3) is 0.125. The molecule has 0 fully saturated rings. The summed E-state index contributed by atoms with van der Waals surface area (Å²) in [5.41, 5.74) is -3.73. The van der Waals surface area contributed by atoms with Gasteiger partial charge < -0.3 is 40.2 Å². The molecule has 3 N–H and O–H groups in total. The van der Waals surface area contributed by atoms with Crippen LogP contribution in [0.4, 0.5) is 34.1 Å². The SMILES string of the molecule is O=S(=O)([O-])OCCS(=O)(=O)c1ccc(N=Nc2c(O)c(N=Nc3ccc(S(=O)(=O)CCOSOO[O-])cc3)c(O)c(N=Nc3cc(SOO[O-])c4cccc(S(=O)(=O)[O-])c4c3)c2O)c(SOO[O-])c1.[Na+].[Na+].[Na+].[Na+].[Na+]. The molecule has 0 saturated carbocycles. The van der Waals surface area contributed by atoms with Crippen molar-refractivity contribution in [2.24, 2.45) is 30.7 Å². The van der Waals surface area contributed by atoms with Crippen molar-refractivity contribution in [2.75, 3.05) is 24.7 Å². The summed E-state index contributed by atoms with van der Waals surface area (Å²) in [6.45, 7) is -1.51. The number of hydrogen-bond donors (Lipinski definition) is 3. The van der Waals surface area contributed by atoms with E-state index in [2.05, 4.69) is 63.0 Å². The van der Waals surface area contributed by atoms with Crippen molar-refractivity contribution in [3.63, 3.8) is 0 Å². The van der Waals surface area contributed by atoms with Crippen molar-refractivity contribution in [1.29, 1.82) is 0 Å². The van der Waals surface area contributed by atoms with E-state index in [0.717, 1.165) is 60.7 Å². The van der Waals surface area contributed by atoms with Gasteiger partial charge in [-0.2, -0.15) is 18.9 Å². The molecule has 0 amide bonds. The largest absolute Gasteiger partial charge is 1.00 e. The van der Waals surface area contributed by atoms with Gasteiger partial charge in [0, 0.05) is 10.3 Å². The van der Waals surface area contributed by atoms with Crippen LogP contribution in [0.1, 0.15) is 0 Å². The zero-order valence-corrected chi connectivity index (χ0v) is 53.9. The first-order valence-corrected chi connectivity index (χ1v) is 25.7. The maximum absolute atomic E-state index is 12.9. The summed E-state index contributed by atoms with van der Waals surface area (Å²) >= 11 is 0.421. The zero-order valence-electron chi connectivity index (χ0n) is 38.2. The summed E-state index contributed by atoms with van der Waals surface area (Å²) in [5, 5.41) is 97.8. The molecule has 0 atom stereocenters. The van der Waals surface area contributed by atoms with Crippen LogP contribution in [0.25, 0.3) is 10.8 Å². The van der Waals surface area contributed by atoms with E-state index in [9.17, 15) is 73.9 Å². The second-order valence-corrected chi connectivity index (χ2v) is 21.0. The molecule has 0 aliphatic carbocycles. The molecule has 5 rings (SSSR count). The van der Waals surface area contributed by atoms with Crippen LogP contribution in [0.2, 0.25) is 0 Å². The van der Waals surface area contributed by atoms with Gasteiger partial charge in [-0.15, -0.1) is 24.8 Å².